The van der Waals surface area contributed by atoms with Gasteiger partial charge < -0.3 is 5.32 Å². The minimum absolute atomic E-state index is 0.298. The fraction of sp³-hybridized carbons (Fsp3) is 0.235. The number of hydrogen-bond donors (Lipinski definition) is 1. The Morgan fingerprint density at radius 3 is 2.25 bits per heavy atom. The molecular weight excluding hydrogens is 348 g/mol. The Hall–Kier alpha value is -2.05. The van der Waals surface area contributed by atoms with Crippen molar-refractivity contribution in [2.24, 2.45) is 0 Å². The lowest BCUT2D eigenvalue weighted by molar-refractivity contribution is -0.122. The molecule has 24 heavy (non-hydrogen) atoms. The predicted molar refractivity (Wildman–Crippen MR) is 96.5 cm³/mol. The van der Waals surface area contributed by atoms with Crippen LogP contribution in [0.5, 0.6) is 0 Å². The van der Waals surface area contributed by atoms with Gasteiger partial charge in [0, 0.05) is 11.6 Å². The summed E-state index contributed by atoms with van der Waals surface area (Å²) in [6, 6.07) is 14.8. The number of anilines is 1. The summed E-state index contributed by atoms with van der Waals surface area (Å²) >= 11 is 5.82. The third-order valence-corrected chi connectivity index (χ3v) is 4.97. The molecule has 0 aliphatic heterocycles. The van der Waals surface area contributed by atoms with Gasteiger partial charge in [-0.2, -0.15) is 0 Å². The van der Waals surface area contributed by atoms with Crippen molar-refractivity contribution < 1.29 is 13.2 Å². The van der Waals surface area contributed by atoms with Crippen molar-refractivity contribution in [2.75, 3.05) is 10.6 Å². The molecular formula is C17H19ClN2O3S. The number of nitrogens with zero attached hydrogens (tertiary/aromatic N) is 1. The highest BCUT2D eigenvalue weighted by Gasteiger charge is 2.28. The summed E-state index contributed by atoms with van der Waals surface area (Å²) in [5.74, 6) is -0.376. The maximum atomic E-state index is 12.4. The number of amides is 1. The minimum atomic E-state index is -3.60. The number of para-hydroxylation sites is 1. The van der Waals surface area contributed by atoms with Crippen LogP contribution in [0, 0.1) is 0 Å². The van der Waals surface area contributed by atoms with Crippen molar-refractivity contribution in [2.45, 2.75) is 19.5 Å². The van der Waals surface area contributed by atoms with Crippen LogP contribution in [-0.2, 0) is 21.4 Å². The predicted octanol–water partition coefficient (Wildman–Crippen LogP) is 2.81. The van der Waals surface area contributed by atoms with Crippen molar-refractivity contribution in [3.05, 3.63) is 65.2 Å². The minimum Gasteiger partial charge on any atom is -0.350 e. The molecule has 1 amide bonds. The summed E-state index contributed by atoms with van der Waals surface area (Å²) in [5.41, 5.74) is 1.33. The first-order valence-corrected chi connectivity index (χ1v) is 9.58. The smallest absolute Gasteiger partial charge is 0.243 e. The Kier molecular flexibility index (Phi) is 5.85. The quantitative estimate of drug-likeness (QED) is 0.854. The van der Waals surface area contributed by atoms with E-state index in [9.17, 15) is 13.2 Å². The zero-order valence-electron chi connectivity index (χ0n) is 13.4. The van der Waals surface area contributed by atoms with Crippen LogP contribution in [0.25, 0.3) is 0 Å². The fourth-order valence-electron chi connectivity index (χ4n) is 2.32. The summed E-state index contributed by atoms with van der Waals surface area (Å²) in [5, 5.41) is 3.37. The summed E-state index contributed by atoms with van der Waals surface area (Å²) in [6.07, 6.45) is 1.09. The molecule has 2 aromatic rings. The zero-order chi connectivity index (χ0) is 17.7. The van der Waals surface area contributed by atoms with E-state index >= 15 is 0 Å². The van der Waals surface area contributed by atoms with Crippen LogP contribution in [0.1, 0.15) is 12.5 Å². The van der Waals surface area contributed by atoms with Gasteiger partial charge in [-0.15, -0.1) is 0 Å². The summed E-state index contributed by atoms with van der Waals surface area (Å²) < 4.78 is 25.4. The largest absolute Gasteiger partial charge is 0.350 e. The number of rotatable bonds is 6. The number of halogens is 1. The van der Waals surface area contributed by atoms with E-state index in [0.717, 1.165) is 16.1 Å². The van der Waals surface area contributed by atoms with Crippen LogP contribution >= 0.6 is 11.6 Å². The van der Waals surface area contributed by atoms with E-state index in [4.69, 9.17) is 11.6 Å². The SMILES string of the molecule is CC(C(=O)NCc1ccc(Cl)cc1)N(c1ccccc1)S(C)(=O)=O. The molecule has 7 heteroatoms. The molecule has 0 spiro atoms. The molecule has 1 N–H and O–H groups in total. The van der Waals surface area contributed by atoms with Gasteiger partial charge in [0.15, 0.2) is 0 Å². The van der Waals surface area contributed by atoms with E-state index < -0.39 is 16.1 Å². The molecule has 0 bridgehead atoms. The van der Waals surface area contributed by atoms with Gasteiger partial charge in [-0.1, -0.05) is 41.9 Å². The molecule has 5 nitrogen and oxygen atoms in total. The highest BCUT2D eigenvalue weighted by Crippen LogP contribution is 2.20. The van der Waals surface area contributed by atoms with E-state index in [1.165, 1.54) is 0 Å². The van der Waals surface area contributed by atoms with Crippen molar-refractivity contribution in [3.63, 3.8) is 0 Å². The Morgan fingerprint density at radius 2 is 1.71 bits per heavy atom. The van der Waals surface area contributed by atoms with Gasteiger partial charge in [0.1, 0.15) is 6.04 Å². The summed E-state index contributed by atoms with van der Waals surface area (Å²) in [7, 11) is -3.60. The second-order valence-electron chi connectivity index (χ2n) is 5.41. The standard InChI is InChI=1S/C17H19ClN2O3S/c1-13(17(21)19-12-14-8-10-15(18)11-9-14)20(24(2,22)23)16-6-4-3-5-7-16/h3-11,13H,12H2,1-2H3,(H,19,21). The Bertz CT molecular complexity index is 792. The van der Waals surface area contributed by atoms with Crippen LogP contribution in [0.4, 0.5) is 5.69 Å². The van der Waals surface area contributed by atoms with Crippen LogP contribution < -0.4 is 9.62 Å². The topological polar surface area (TPSA) is 66.5 Å². The number of nitrogens with one attached hydrogen (secondary N) is 1. The lowest BCUT2D eigenvalue weighted by atomic mass is 10.2. The van der Waals surface area contributed by atoms with E-state index in [1.807, 2.05) is 0 Å². The van der Waals surface area contributed by atoms with Crippen LogP contribution in [0.15, 0.2) is 54.6 Å². The molecule has 0 saturated carbocycles. The van der Waals surface area contributed by atoms with E-state index in [-0.39, 0.29) is 5.91 Å². The van der Waals surface area contributed by atoms with Gasteiger partial charge in [-0.05, 0) is 36.8 Å². The Balaban J connectivity index is 2.13. The summed E-state index contributed by atoms with van der Waals surface area (Å²) in [6.45, 7) is 1.86. The van der Waals surface area contributed by atoms with Gasteiger partial charge in [0.05, 0.1) is 11.9 Å². The van der Waals surface area contributed by atoms with Crippen LogP contribution in [0.2, 0.25) is 5.02 Å². The molecule has 128 valence electrons. The maximum absolute atomic E-state index is 12.4. The lowest BCUT2D eigenvalue weighted by Crippen LogP contribution is -2.47. The van der Waals surface area contributed by atoms with Crippen LogP contribution in [-0.4, -0.2) is 26.6 Å². The molecule has 0 radical (unpaired) electrons. The van der Waals surface area contributed by atoms with Crippen molar-refractivity contribution >= 4 is 33.2 Å². The summed E-state index contributed by atoms with van der Waals surface area (Å²) in [4.78, 5) is 12.4. The molecule has 1 unspecified atom stereocenters. The van der Waals surface area contributed by atoms with E-state index in [1.54, 1.807) is 61.5 Å². The monoisotopic (exact) mass is 366 g/mol. The van der Waals surface area contributed by atoms with Gasteiger partial charge >= 0.3 is 0 Å². The Morgan fingerprint density at radius 1 is 1.12 bits per heavy atom. The van der Waals surface area contributed by atoms with Gasteiger partial charge in [0.2, 0.25) is 15.9 Å². The molecule has 2 rings (SSSR count). The average Bonchev–Trinajstić information content (AvgIpc) is 2.54. The molecule has 0 aliphatic carbocycles. The first kappa shape index (κ1) is 18.3. The fourth-order valence-corrected chi connectivity index (χ4v) is 3.62. The molecule has 2 aromatic carbocycles. The maximum Gasteiger partial charge on any atom is 0.243 e. The number of sulfonamides is 1. The molecule has 0 fully saturated rings. The Labute approximate surface area is 147 Å². The average molecular weight is 367 g/mol. The molecule has 1 atom stereocenters. The molecule has 0 saturated heterocycles. The first-order valence-electron chi connectivity index (χ1n) is 7.35. The number of benzene rings is 2. The number of carbonyl (C=O) groups is 1. The number of hydrogen-bond acceptors (Lipinski definition) is 3. The molecule has 0 heterocycles. The van der Waals surface area contributed by atoms with Gasteiger partial charge in [-0.3, -0.25) is 9.10 Å². The molecule has 0 aromatic heterocycles. The van der Waals surface area contributed by atoms with Crippen molar-refractivity contribution in [1.29, 1.82) is 0 Å². The first-order chi connectivity index (χ1) is 11.3. The van der Waals surface area contributed by atoms with Gasteiger partial charge in [-0.25, -0.2) is 8.42 Å². The van der Waals surface area contributed by atoms with Gasteiger partial charge in [0.25, 0.3) is 0 Å². The second-order valence-corrected chi connectivity index (χ2v) is 7.71. The van der Waals surface area contributed by atoms with E-state index in [2.05, 4.69) is 5.32 Å². The third-order valence-electron chi connectivity index (χ3n) is 3.48. The van der Waals surface area contributed by atoms with Crippen molar-refractivity contribution in [1.82, 2.24) is 5.32 Å². The lowest BCUT2D eigenvalue weighted by Gasteiger charge is -2.28. The second kappa shape index (κ2) is 7.68. The normalized spacial score (nSPS) is 12.5. The zero-order valence-corrected chi connectivity index (χ0v) is 15.0. The van der Waals surface area contributed by atoms with Crippen molar-refractivity contribution in [3.8, 4) is 0 Å². The van der Waals surface area contributed by atoms with E-state index in [0.29, 0.717) is 17.3 Å². The highest BCUT2D eigenvalue weighted by atomic mass is 35.5. The highest BCUT2D eigenvalue weighted by molar-refractivity contribution is 7.92. The third kappa shape index (κ3) is 4.72. The molecule has 0 aliphatic rings. The van der Waals surface area contributed by atoms with Crippen LogP contribution in [0.3, 0.4) is 0 Å². The number of carbonyl (C=O) groups excluding carboxylic acids is 1.